The van der Waals surface area contributed by atoms with Crippen molar-refractivity contribution in [1.82, 2.24) is 0 Å². The number of benzene rings is 1. The van der Waals surface area contributed by atoms with Gasteiger partial charge in [-0.25, -0.2) is 4.79 Å². The van der Waals surface area contributed by atoms with Gasteiger partial charge in [-0.1, -0.05) is 0 Å². The van der Waals surface area contributed by atoms with Crippen molar-refractivity contribution in [3.63, 3.8) is 0 Å². The lowest BCUT2D eigenvalue weighted by molar-refractivity contribution is 0.0601. The molecule has 0 saturated carbocycles. The Labute approximate surface area is 118 Å². The Morgan fingerprint density at radius 3 is 2.65 bits per heavy atom. The van der Waals surface area contributed by atoms with Crippen molar-refractivity contribution in [3.8, 4) is 5.75 Å². The summed E-state index contributed by atoms with van der Waals surface area (Å²) >= 11 is 0. The molecule has 0 aliphatic heterocycles. The Balaban J connectivity index is 2.35. The minimum absolute atomic E-state index is 0.297. The molecule has 0 aromatic heterocycles. The van der Waals surface area contributed by atoms with E-state index in [1.165, 1.54) is 7.11 Å². The fourth-order valence-corrected chi connectivity index (χ4v) is 1.54. The number of carbonyl (C=O) groups excluding carboxylic acids is 1. The third-order valence-electron chi connectivity index (χ3n) is 2.56. The molecular formula is C14H21NO5. The monoisotopic (exact) mass is 283 g/mol. The van der Waals surface area contributed by atoms with E-state index >= 15 is 0 Å². The lowest BCUT2D eigenvalue weighted by Gasteiger charge is -2.09. The Hall–Kier alpha value is -1.79. The summed E-state index contributed by atoms with van der Waals surface area (Å²) in [5.74, 6) is 0.0730. The average Bonchev–Trinajstić information content (AvgIpc) is 2.47. The number of rotatable bonds is 9. The van der Waals surface area contributed by atoms with Gasteiger partial charge in [0.05, 0.1) is 19.3 Å². The molecule has 20 heavy (non-hydrogen) atoms. The fourth-order valence-electron chi connectivity index (χ4n) is 1.54. The van der Waals surface area contributed by atoms with Gasteiger partial charge in [-0.3, -0.25) is 0 Å². The van der Waals surface area contributed by atoms with E-state index in [1.807, 2.05) is 0 Å². The topological polar surface area (TPSA) is 80.0 Å². The predicted molar refractivity (Wildman–Crippen MR) is 75.0 cm³/mol. The molecule has 1 aromatic carbocycles. The minimum atomic E-state index is -0.483. The lowest BCUT2D eigenvalue weighted by Crippen LogP contribution is -2.10. The number of hydrogen-bond donors (Lipinski definition) is 1. The molecule has 0 bridgehead atoms. The van der Waals surface area contributed by atoms with Crippen LogP contribution < -0.4 is 10.5 Å². The zero-order valence-electron chi connectivity index (χ0n) is 11.9. The number of anilines is 1. The Morgan fingerprint density at radius 1 is 1.15 bits per heavy atom. The fraction of sp³-hybridized carbons (Fsp3) is 0.500. The van der Waals surface area contributed by atoms with Gasteiger partial charge in [-0.15, -0.1) is 0 Å². The maximum Gasteiger partial charge on any atom is 0.340 e. The van der Waals surface area contributed by atoms with Crippen LogP contribution in [0.4, 0.5) is 5.69 Å². The standard InChI is InChI=1S/C14H21NO5/c1-17-6-3-7-19-8-9-20-11-4-5-13(15)12(10-11)14(16)18-2/h4-5,10H,3,6-9,15H2,1-2H3. The second-order valence-electron chi connectivity index (χ2n) is 4.05. The first-order chi connectivity index (χ1) is 9.69. The van der Waals surface area contributed by atoms with E-state index in [0.29, 0.717) is 43.4 Å². The summed E-state index contributed by atoms with van der Waals surface area (Å²) in [6, 6.07) is 4.87. The highest BCUT2D eigenvalue weighted by atomic mass is 16.5. The summed E-state index contributed by atoms with van der Waals surface area (Å²) in [5.41, 5.74) is 6.35. The predicted octanol–water partition coefficient (Wildman–Crippen LogP) is 1.49. The van der Waals surface area contributed by atoms with Crippen LogP contribution in [0.25, 0.3) is 0 Å². The van der Waals surface area contributed by atoms with Crippen molar-refractivity contribution < 1.29 is 23.7 Å². The number of nitrogen functional groups attached to an aromatic ring is 1. The molecule has 0 unspecified atom stereocenters. The van der Waals surface area contributed by atoms with Crippen LogP contribution in [0.5, 0.6) is 5.75 Å². The summed E-state index contributed by atoms with van der Waals surface area (Å²) in [6.45, 7) is 2.19. The first-order valence-corrected chi connectivity index (χ1v) is 6.36. The normalized spacial score (nSPS) is 10.3. The van der Waals surface area contributed by atoms with Gasteiger partial charge >= 0.3 is 5.97 Å². The van der Waals surface area contributed by atoms with Gasteiger partial charge in [0.2, 0.25) is 0 Å². The lowest BCUT2D eigenvalue weighted by atomic mass is 10.2. The average molecular weight is 283 g/mol. The van der Waals surface area contributed by atoms with E-state index in [4.69, 9.17) is 19.9 Å². The van der Waals surface area contributed by atoms with Gasteiger partial charge < -0.3 is 24.7 Å². The van der Waals surface area contributed by atoms with E-state index in [2.05, 4.69) is 4.74 Å². The van der Waals surface area contributed by atoms with Gasteiger partial charge in [0.25, 0.3) is 0 Å². The van der Waals surface area contributed by atoms with E-state index in [1.54, 1.807) is 25.3 Å². The van der Waals surface area contributed by atoms with E-state index < -0.39 is 5.97 Å². The van der Waals surface area contributed by atoms with Gasteiger partial charge in [-0.2, -0.15) is 0 Å². The van der Waals surface area contributed by atoms with Crippen molar-refractivity contribution in [2.45, 2.75) is 6.42 Å². The highest BCUT2D eigenvalue weighted by Crippen LogP contribution is 2.20. The molecule has 0 radical (unpaired) electrons. The molecule has 0 heterocycles. The molecule has 0 aliphatic carbocycles. The van der Waals surface area contributed by atoms with E-state index in [0.717, 1.165) is 6.42 Å². The summed E-state index contributed by atoms with van der Waals surface area (Å²) in [5, 5.41) is 0. The van der Waals surface area contributed by atoms with Crippen LogP contribution in [0.15, 0.2) is 18.2 Å². The molecule has 0 spiro atoms. The van der Waals surface area contributed by atoms with Crippen LogP contribution in [0.2, 0.25) is 0 Å². The number of carbonyl (C=O) groups is 1. The van der Waals surface area contributed by atoms with E-state index in [9.17, 15) is 4.79 Å². The molecule has 6 heteroatoms. The Kier molecular flexibility index (Phi) is 7.46. The number of methoxy groups -OCH3 is 2. The van der Waals surface area contributed by atoms with Crippen molar-refractivity contribution in [1.29, 1.82) is 0 Å². The zero-order chi connectivity index (χ0) is 14.8. The van der Waals surface area contributed by atoms with Gasteiger partial charge in [0.1, 0.15) is 12.4 Å². The molecule has 0 fully saturated rings. The van der Waals surface area contributed by atoms with Crippen molar-refractivity contribution in [2.75, 3.05) is 46.4 Å². The molecule has 0 amide bonds. The number of nitrogens with two attached hydrogens (primary N) is 1. The van der Waals surface area contributed by atoms with Crippen LogP contribution in [-0.4, -0.2) is 46.6 Å². The third kappa shape index (κ3) is 5.46. The molecular weight excluding hydrogens is 262 g/mol. The zero-order valence-corrected chi connectivity index (χ0v) is 11.9. The quantitative estimate of drug-likeness (QED) is 0.420. The maximum atomic E-state index is 11.5. The molecule has 1 aromatic rings. The van der Waals surface area contributed by atoms with Crippen LogP contribution in [0, 0.1) is 0 Å². The van der Waals surface area contributed by atoms with Gasteiger partial charge in [0, 0.05) is 26.0 Å². The smallest absolute Gasteiger partial charge is 0.340 e. The highest BCUT2D eigenvalue weighted by molar-refractivity contribution is 5.95. The minimum Gasteiger partial charge on any atom is -0.491 e. The van der Waals surface area contributed by atoms with Crippen LogP contribution in [0.3, 0.4) is 0 Å². The van der Waals surface area contributed by atoms with Gasteiger partial charge in [-0.05, 0) is 24.6 Å². The summed E-state index contributed by atoms with van der Waals surface area (Å²) in [7, 11) is 2.96. The molecule has 1 rings (SSSR count). The largest absolute Gasteiger partial charge is 0.491 e. The molecule has 2 N–H and O–H groups in total. The summed E-state index contributed by atoms with van der Waals surface area (Å²) in [4.78, 5) is 11.5. The maximum absolute atomic E-state index is 11.5. The highest BCUT2D eigenvalue weighted by Gasteiger charge is 2.11. The number of ether oxygens (including phenoxy) is 4. The number of hydrogen-bond acceptors (Lipinski definition) is 6. The summed E-state index contributed by atoms with van der Waals surface area (Å²) < 4.78 is 20.4. The third-order valence-corrected chi connectivity index (χ3v) is 2.56. The first-order valence-electron chi connectivity index (χ1n) is 6.36. The summed E-state index contributed by atoms with van der Waals surface area (Å²) in [6.07, 6.45) is 0.852. The molecule has 6 nitrogen and oxygen atoms in total. The molecule has 0 atom stereocenters. The van der Waals surface area contributed by atoms with Crippen LogP contribution >= 0.6 is 0 Å². The second-order valence-corrected chi connectivity index (χ2v) is 4.05. The van der Waals surface area contributed by atoms with Crippen molar-refractivity contribution in [3.05, 3.63) is 23.8 Å². The molecule has 112 valence electrons. The SMILES string of the molecule is COCCCOCCOc1ccc(N)c(C(=O)OC)c1. The second kappa shape index (κ2) is 9.17. The van der Waals surface area contributed by atoms with Crippen molar-refractivity contribution >= 4 is 11.7 Å². The van der Waals surface area contributed by atoms with Crippen LogP contribution in [-0.2, 0) is 14.2 Å². The first kappa shape index (κ1) is 16.3. The van der Waals surface area contributed by atoms with Gasteiger partial charge in [0.15, 0.2) is 0 Å². The van der Waals surface area contributed by atoms with Crippen LogP contribution in [0.1, 0.15) is 16.8 Å². The molecule has 0 saturated heterocycles. The number of esters is 1. The van der Waals surface area contributed by atoms with E-state index in [-0.39, 0.29) is 0 Å². The van der Waals surface area contributed by atoms with Crippen molar-refractivity contribution in [2.24, 2.45) is 0 Å². The Bertz CT molecular complexity index is 422. The molecule has 0 aliphatic rings. The Morgan fingerprint density at radius 2 is 1.95 bits per heavy atom.